The van der Waals surface area contributed by atoms with Gasteiger partial charge in [-0.05, 0) is 0 Å². The second-order valence-corrected chi connectivity index (χ2v) is 11.4. The molecule has 19 atom stereocenters. The normalized spacial score (nSPS) is 53.7. The Balaban J connectivity index is 1.50. The smallest absolute Gasteiger partial charge is 0.214 e. The molecular formula is C23H46N4O15+4. The van der Waals surface area contributed by atoms with Gasteiger partial charge in [-0.15, -0.1) is 0 Å². The van der Waals surface area contributed by atoms with Gasteiger partial charge in [0.05, 0.1) is 19.6 Å². The van der Waals surface area contributed by atoms with Crippen LogP contribution >= 0.6 is 0 Å². The minimum atomic E-state index is -1.60. The summed E-state index contributed by atoms with van der Waals surface area (Å²) >= 11 is 0. The first-order valence-electron chi connectivity index (χ1n) is 13.8. The number of ether oxygens (including phenoxy) is 6. The van der Waals surface area contributed by atoms with Crippen LogP contribution in [-0.4, -0.2) is 177 Å². The quantitative estimate of drug-likeness (QED) is 0.107. The van der Waals surface area contributed by atoms with Crippen molar-refractivity contribution in [2.75, 3.05) is 13.2 Å². The van der Waals surface area contributed by atoms with E-state index in [4.69, 9.17) is 28.4 Å². The molecular weight excluding hydrogens is 572 g/mol. The van der Waals surface area contributed by atoms with E-state index in [0.29, 0.717) is 6.42 Å². The molecule has 4 aliphatic rings. The van der Waals surface area contributed by atoms with Crippen molar-refractivity contribution in [2.45, 2.75) is 123 Å². The highest BCUT2D eigenvalue weighted by atomic mass is 16.8. The minimum Gasteiger partial charge on any atom is -0.394 e. The van der Waals surface area contributed by atoms with E-state index in [0.717, 1.165) is 0 Å². The standard InChI is InChI=1S/C23H42N4O15/c24-5-1-6(25)18(40-21-10(26)15(34)13(32)7(2-28)37-21)20(12(5)31)42-23-17(36)19(9(4-30)39-23)41-22-11(27)16(35)14(33)8(3-29)38-22/h3,5-23,28,30-36H,1-2,4,24-27H2/p+4/t5-,6+,7-,8-,9-,10-,11-,12+,13-,14-,15-,16-,17-,18-,19-,20-,21-,22-,23+/m1/s1. The van der Waals surface area contributed by atoms with E-state index in [1.54, 1.807) is 0 Å². The first-order valence-corrected chi connectivity index (χ1v) is 13.8. The molecule has 0 spiro atoms. The summed E-state index contributed by atoms with van der Waals surface area (Å²) in [4.78, 5) is 11.3. The zero-order valence-corrected chi connectivity index (χ0v) is 22.9. The van der Waals surface area contributed by atoms with E-state index in [1.807, 2.05) is 0 Å². The monoisotopic (exact) mass is 618 g/mol. The molecule has 1 saturated carbocycles. The molecule has 42 heavy (non-hydrogen) atoms. The first-order chi connectivity index (χ1) is 19.8. The summed E-state index contributed by atoms with van der Waals surface area (Å²) in [5.74, 6) is 0. The van der Waals surface area contributed by atoms with Crippen molar-refractivity contribution in [3.05, 3.63) is 0 Å². The summed E-state index contributed by atoms with van der Waals surface area (Å²) in [5, 5.41) is 82.5. The van der Waals surface area contributed by atoms with Gasteiger partial charge in [0.2, 0.25) is 12.6 Å². The Bertz CT molecular complexity index is 895. The molecule has 1 aliphatic carbocycles. The van der Waals surface area contributed by atoms with Gasteiger partial charge in [-0.1, -0.05) is 0 Å². The van der Waals surface area contributed by atoms with Crippen LogP contribution in [0.5, 0.6) is 0 Å². The Labute approximate surface area is 239 Å². The Morgan fingerprint density at radius 3 is 1.71 bits per heavy atom. The van der Waals surface area contributed by atoms with Crippen molar-refractivity contribution in [3.63, 3.8) is 0 Å². The molecule has 3 saturated heterocycles. The molecule has 19 nitrogen and oxygen atoms in total. The van der Waals surface area contributed by atoms with E-state index in [2.05, 4.69) is 22.9 Å². The molecule has 0 bridgehead atoms. The van der Waals surface area contributed by atoms with Gasteiger partial charge < -0.3 is 97.0 Å². The molecule has 20 N–H and O–H groups in total. The van der Waals surface area contributed by atoms with Gasteiger partial charge in [-0.2, -0.15) is 0 Å². The van der Waals surface area contributed by atoms with Crippen LogP contribution in [0.15, 0.2) is 0 Å². The van der Waals surface area contributed by atoms with E-state index >= 15 is 0 Å². The largest absolute Gasteiger partial charge is 0.394 e. The number of aliphatic hydroxyl groups is 8. The van der Waals surface area contributed by atoms with Crippen LogP contribution in [0.2, 0.25) is 0 Å². The van der Waals surface area contributed by atoms with E-state index < -0.39 is 129 Å². The number of carbonyl (C=O) groups is 1. The highest BCUT2D eigenvalue weighted by Gasteiger charge is 2.56. The van der Waals surface area contributed by atoms with Crippen LogP contribution in [0.3, 0.4) is 0 Å². The van der Waals surface area contributed by atoms with Gasteiger partial charge in [-0.25, -0.2) is 0 Å². The third-order valence-corrected chi connectivity index (χ3v) is 8.47. The lowest BCUT2D eigenvalue weighted by Gasteiger charge is -2.44. The Morgan fingerprint density at radius 2 is 1.12 bits per heavy atom. The summed E-state index contributed by atoms with van der Waals surface area (Å²) in [7, 11) is 0. The maximum atomic E-state index is 11.3. The van der Waals surface area contributed by atoms with E-state index in [1.165, 1.54) is 0 Å². The fourth-order valence-electron chi connectivity index (χ4n) is 5.80. The van der Waals surface area contributed by atoms with Crippen molar-refractivity contribution in [2.24, 2.45) is 0 Å². The second-order valence-electron chi connectivity index (χ2n) is 11.4. The van der Waals surface area contributed by atoms with Gasteiger partial charge in [0, 0.05) is 0 Å². The third-order valence-electron chi connectivity index (χ3n) is 8.47. The summed E-state index contributed by atoms with van der Waals surface area (Å²) < 4.78 is 34.6. The summed E-state index contributed by atoms with van der Waals surface area (Å²) in [6, 6.07) is -3.21. The molecule has 0 aromatic rings. The molecule has 3 heterocycles. The maximum absolute atomic E-state index is 11.3. The van der Waals surface area contributed by atoms with Crippen molar-refractivity contribution in [1.82, 2.24) is 0 Å². The number of hydrogen-bond acceptors (Lipinski definition) is 15. The maximum Gasteiger partial charge on any atom is 0.214 e. The summed E-state index contributed by atoms with van der Waals surface area (Å²) in [6.07, 6.45) is -19.6. The molecule has 0 aromatic carbocycles. The molecule has 0 aromatic heterocycles. The highest BCUT2D eigenvalue weighted by Crippen LogP contribution is 2.33. The number of aldehydes is 1. The Morgan fingerprint density at radius 1 is 0.595 bits per heavy atom. The Hall–Kier alpha value is -1.05. The lowest BCUT2D eigenvalue weighted by Crippen LogP contribution is -2.84. The van der Waals surface area contributed by atoms with Crippen molar-refractivity contribution < 1.29 is 97.0 Å². The van der Waals surface area contributed by atoms with Gasteiger partial charge in [0.1, 0.15) is 85.3 Å². The summed E-state index contributed by atoms with van der Waals surface area (Å²) in [6.45, 7) is -1.26. The molecule has 4 fully saturated rings. The van der Waals surface area contributed by atoms with Crippen LogP contribution in [0.1, 0.15) is 6.42 Å². The lowest BCUT2D eigenvalue weighted by molar-refractivity contribution is -0.533. The fraction of sp³-hybridized carbons (Fsp3) is 0.957. The zero-order valence-electron chi connectivity index (χ0n) is 22.9. The average molecular weight is 619 g/mol. The van der Waals surface area contributed by atoms with Crippen LogP contribution < -0.4 is 22.9 Å². The number of hydrogen-bond donors (Lipinski definition) is 12. The van der Waals surface area contributed by atoms with Gasteiger partial charge >= 0.3 is 0 Å². The molecule has 0 radical (unpaired) electrons. The number of aliphatic hydroxyl groups excluding tert-OH is 8. The number of rotatable bonds is 9. The molecule has 0 unspecified atom stereocenters. The first kappa shape index (κ1) is 33.8. The van der Waals surface area contributed by atoms with Gasteiger partial charge in [0.25, 0.3) is 0 Å². The summed E-state index contributed by atoms with van der Waals surface area (Å²) in [5.41, 5.74) is 15.5. The minimum absolute atomic E-state index is 0.289. The topological polar surface area (TPSA) is 345 Å². The number of quaternary nitrogens is 4. The van der Waals surface area contributed by atoms with Gasteiger partial charge in [-0.3, -0.25) is 0 Å². The molecule has 3 aliphatic heterocycles. The lowest BCUT2D eigenvalue weighted by atomic mass is 9.84. The van der Waals surface area contributed by atoms with Crippen molar-refractivity contribution in [1.29, 1.82) is 0 Å². The zero-order chi connectivity index (χ0) is 31.0. The third kappa shape index (κ3) is 6.49. The van der Waals surface area contributed by atoms with Crippen LogP contribution in [0.25, 0.3) is 0 Å². The van der Waals surface area contributed by atoms with Crippen molar-refractivity contribution >= 4 is 6.29 Å². The van der Waals surface area contributed by atoms with Gasteiger partial charge in [0.15, 0.2) is 24.7 Å². The molecule has 4 rings (SSSR count). The predicted molar refractivity (Wildman–Crippen MR) is 128 cm³/mol. The van der Waals surface area contributed by atoms with Crippen molar-refractivity contribution in [3.8, 4) is 0 Å². The number of carbonyl (C=O) groups excluding carboxylic acids is 1. The SMILES string of the molecule is [NH3+][C@H]1[C@@H](O[C@H]2[C@@H](O)[C@H](O[C@@H]3[C@@H](O)[C@H]([NH3+])C[C@H]([NH3+])[C@H]3O[C@H]3O[C@H](CO)[C@@H](O)[C@H](O)[C@H]3[NH3+])O[C@@H]2CO)O[C@H](C=O)[C@@H](O)[C@@H]1O. The Kier molecular flexibility index (Phi) is 11.2. The van der Waals surface area contributed by atoms with Crippen LogP contribution in [0, 0.1) is 0 Å². The molecule has 0 amide bonds. The van der Waals surface area contributed by atoms with Crippen LogP contribution in [0.4, 0.5) is 0 Å². The molecule has 19 heteroatoms. The van der Waals surface area contributed by atoms with Crippen LogP contribution in [-0.2, 0) is 33.2 Å². The fourth-order valence-corrected chi connectivity index (χ4v) is 5.80. The predicted octanol–water partition coefficient (Wildman–Crippen LogP) is -11.5. The van der Waals surface area contributed by atoms with E-state index in [9.17, 15) is 45.6 Å². The average Bonchev–Trinajstić information content (AvgIpc) is 3.27. The molecule has 244 valence electrons. The second kappa shape index (κ2) is 13.9. The van der Waals surface area contributed by atoms with E-state index in [-0.39, 0.29) is 6.29 Å². The highest BCUT2D eigenvalue weighted by molar-refractivity contribution is 5.57.